The lowest BCUT2D eigenvalue weighted by Crippen LogP contribution is -2.47. The zero-order chi connectivity index (χ0) is 21.7. The molecule has 1 fully saturated rings. The predicted octanol–water partition coefficient (Wildman–Crippen LogP) is 3.98. The van der Waals surface area contributed by atoms with Crippen molar-refractivity contribution in [2.75, 3.05) is 7.11 Å². The molecule has 0 bridgehead atoms. The number of ether oxygens (including phenoxy) is 2. The van der Waals surface area contributed by atoms with Gasteiger partial charge in [-0.25, -0.2) is 0 Å². The molecule has 0 unspecified atom stereocenters. The van der Waals surface area contributed by atoms with Crippen LogP contribution in [0.3, 0.4) is 0 Å². The molecule has 0 amide bonds. The first-order valence-corrected chi connectivity index (χ1v) is 12.5. The van der Waals surface area contributed by atoms with Crippen LogP contribution in [0.2, 0.25) is 0 Å². The Hall–Kier alpha value is -2.52. The standard InChI is InChI=1S/C26H27O4P/c1-29-20-17-21(18-25(27)28)30-26(19-20)31(22-11-5-2-6-12-22,23-13-7-3-8-14-23)24-15-9-4-10-16-24/h2-16,20-21,26H,17-19H2,1H3/p+1/t20-,21-,26+/m0/s1. The van der Waals surface area contributed by atoms with Crippen LogP contribution in [0.4, 0.5) is 0 Å². The quantitative estimate of drug-likeness (QED) is 0.571. The Balaban J connectivity index is 1.94. The summed E-state index contributed by atoms with van der Waals surface area (Å²) in [6.45, 7) is 0. The van der Waals surface area contributed by atoms with Crippen molar-refractivity contribution in [3.8, 4) is 0 Å². The number of benzene rings is 3. The first-order valence-electron chi connectivity index (χ1n) is 10.6. The van der Waals surface area contributed by atoms with E-state index in [0.29, 0.717) is 6.42 Å². The van der Waals surface area contributed by atoms with Crippen LogP contribution in [0.15, 0.2) is 91.0 Å². The number of hydrogen-bond acceptors (Lipinski definition) is 3. The normalized spacial score (nSPS) is 21.5. The fourth-order valence-electron chi connectivity index (χ4n) is 4.65. The minimum absolute atomic E-state index is 0.0191. The molecule has 1 heterocycles. The first-order chi connectivity index (χ1) is 15.1. The molecule has 0 aromatic heterocycles. The topological polar surface area (TPSA) is 55.8 Å². The lowest BCUT2D eigenvalue weighted by atomic mass is 10.0. The van der Waals surface area contributed by atoms with Crippen molar-refractivity contribution in [1.29, 1.82) is 0 Å². The summed E-state index contributed by atoms with van der Waals surface area (Å²) >= 11 is 0. The second kappa shape index (κ2) is 9.74. The second-order valence-corrected chi connectivity index (χ2v) is 11.4. The van der Waals surface area contributed by atoms with Crippen molar-refractivity contribution in [2.45, 2.75) is 37.3 Å². The van der Waals surface area contributed by atoms with E-state index in [1.54, 1.807) is 7.11 Å². The summed E-state index contributed by atoms with van der Waals surface area (Å²) in [5.41, 5.74) is 0. The highest BCUT2D eigenvalue weighted by Gasteiger charge is 2.56. The van der Waals surface area contributed by atoms with Crippen molar-refractivity contribution in [3.63, 3.8) is 0 Å². The zero-order valence-corrected chi connectivity index (χ0v) is 18.5. The van der Waals surface area contributed by atoms with Gasteiger partial charge in [-0.2, -0.15) is 0 Å². The monoisotopic (exact) mass is 435 g/mol. The molecular weight excluding hydrogens is 407 g/mol. The van der Waals surface area contributed by atoms with E-state index in [1.165, 1.54) is 15.9 Å². The van der Waals surface area contributed by atoms with Crippen molar-refractivity contribution in [3.05, 3.63) is 91.0 Å². The molecule has 1 aliphatic heterocycles. The van der Waals surface area contributed by atoms with Crippen LogP contribution in [0.1, 0.15) is 19.3 Å². The average Bonchev–Trinajstić information content (AvgIpc) is 2.81. The number of hydrogen-bond donors (Lipinski definition) is 1. The molecule has 0 spiro atoms. The minimum Gasteiger partial charge on any atom is -0.481 e. The molecule has 0 radical (unpaired) electrons. The van der Waals surface area contributed by atoms with Crippen molar-refractivity contribution >= 4 is 29.1 Å². The molecule has 1 N–H and O–H groups in total. The van der Waals surface area contributed by atoms with Crippen LogP contribution < -0.4 is 15.9 Å². The molecule has 3 aromatic carbocycles. The van der Waals surface area contributed by atoms with Gasteiger partial charge in [-0.15, -0.1) is 0 Å². The molecule has 31 heavy (non-hydrogen) atoms. The van der Waals surface area contributed by atoms with E-state index < -0.39 is 13.2 Å². The molecule has 1 aliphatic rings. The highest BCUT2D eigenvalue weighted by molar-refractivity contribution is 7.96. The van der Waals surface area contributed by atoms with Gasteiger partial charge in [0.15, 0.2) is 5.85 Å². The van der Waals surface area contributed by atoms with Crippen LogP contribution >= 0.6 is 7.26 Å². The Morgan fingerprint density at radius 3 is 1.71 bits per heavy atom. The summed E-state index contributed by atoms with van der Waals surface area (Å²) in [5.74, 6) is -1.02. The van der Waals surface area contributed by atoms with Crippen molar-refractivity contribution in [2.24, 2.45) is 0 Å². The lowest BCUT2D eigenvalue weighted by molar-refractivity contribution is -0.144. The molecule has 4 nitrogen and oxygen atoms in total. The molecule has 1 saturated heterocycles. The number of aliphatic carboxylic acids is 1. The van der Waals surface area contributed by atoms with Gasteiger partial charge in [-0.3, -0.25) is 4.79 Å². The fraction of sp³-hybridized carbons (Fsp3) is 0.269. The highest BCUT2D eigenvalue weighted by atomic mass is 31.2. The maximum absolute atomic E-state index is 11.5. The Morgan fingerprint density at radius 2 is 1.32 bits per heavy atom. The van der Waals surface area contributed by atoms with Crippen LogP contribution in [0.25, 0.3) is 0 Å². The van der Waals surface area contributed by atoms with Gasteiger partial charge in [0.2, 0.25) is 0 Å². The van der Waals surface area contributed by atoms with Gasteiger partial charge in [0.25, 0.3) is 0 Å². The molecule has 160 valence electrons. The van der Waals surface area contributed by atoms with Gasteiger partial charge < -0.3 is 14.6 Å². The summed E-state index contributed by atoms with van der Waals surface area (Å²) in [5, 5.41) is 13.1. The molecule has 3 aromatic rings. The van der Waals surface area contributed by atoms with E-state index in [9.17, 15) is 9.90 Å². The Labute approximate surface area is 184 Å². The number of rotatable bonds is 7. The molecule has 4 rings (SSSR count). The summed E-state index contributed by atoms with van der Waals surface area (Å²) in [6.07, 6.45) is 0.876. The van der Waals surface area contributed by atoms with Crippen molar-refractivity contribution in [1.82, 2.24) is 0 Å². The first kappa shape index (κ1) is 21.7. The maximum Gasteiger partial charge on any atom is 0.305 e. The second-order valence-electron chi connectivity index (χ2n) is 7.87. The van der Waals surface area contributed by atoms with Gasteiger partial charge in [0, 0.05) is 20.0 Å². The third-order valence-corrected chi connectivity index (χ3v) is 10.5. The Kier molecular flexibility index (Phi) is 6.82. The number of carboxylic acids is 1. The van der Waals surface area contributed by atoms with Gasteiger partial charge >= 0.3 is 5.97 Å². The van der Waals surface area contributed by atoms with Crippen LogP contribution in [0.5, 0.6) is 0 Å². The molecular formula is C26H28O4P+. The van der Waals surface area contributed by atoms with Crippen LogP contribution in [-0.2, 0) is 14.3 Å². The van der Waals surface area contributed by atoms with E-state index in [4.69, 9.17) is 9.47 Å². The number of carboxylic acid groups (broad SMARTS) is 1. The molecule has 5 heteroatoms. The molecule has 0 saturated carbocycles. The van der Waals surface area contributed by atoms with E-state index in [1.807, 2.05) is 18.2 Å². The summed E-state index contributed by atoms with van der Waals surface area (Å²) < 4.78 is 12.4. The van der Waals surface area contributed by atoms with Gasteiger partial charge in [0.05, 0.1) is 18.6 Å². The van der Waals surface area contributed by atoms with Crippen LogP contribution in [-0.4, -0.2) is 36.2 Å². The fourth-order valence-corrected chi connectivity index (χ4v) is 9.38. The average molecular weight is 435 g/mol. The van der Waals surface area contributed by atoms with Gasteiger partial charge in [-0.1, -0.05) is 54.6 Å². The van der Waals surface area contributed by atoms with Gasteiger partial charge in [0.1, 0.15) is 23.2 Å². The lowest BCUT2D eigenvalue weighted by Gasteiger charge is -2.41. The highest BCUT2D eigenvalue weighted by Crippen LogP contribution is 2.62. The Morgan fingerprint density at radius 1 is 0.871 bits per heavy atom. The molecule has 0 aliphatic carbocycles. The van der Waals surface area contributed by atoms with Crippen molar-refractivity contribution < 1.29 is 19.4 Å². The summed E-state index contributed by atoms with van der Waals surface area (Å²) in [7, 11) is -0.548. The minimum atomic E-state index is -2.26. The molecule has 3 atom stereocenters. The smallest absolute Gasteiger partial charge is 0.305 e. The summed E-state index contributed by atoms with van der Waals surface area (Å²) in [4.78, 5) is 11.5. The van der Waals surface area contributed by atoms with E-state index in [0.717, 1.165) is 6.42 Å². The predicted molar refractivity (Wildman–Crippen MR) is 126 cm³/mol. The largest absolute Gasteiger partial charge is 0.481 e. The Bertz CT molecular complexity index is 881. The van der Waals surface area contributed by atoms with Crippen LogP contribution in [0, 0.1) is 0 Å². The van der Waals surface area contributed by atoms with E-state index >= 15 is 0 Å². The number of methoxy groups -OCH3 is 1. The maximum atomic E-state index is 11.5. The SMILES string of the molecule is CO[C@H]1C[C@@H](CC(=O)O)O[C@H]([P+](c2ccccc2)(c2ccccc2)c2ccccc2)C1. The number of carbonyl (C=O) groups is 1. The van der Waals surface area contributed by atoms with Gasteiger partial charge in [-0.05, 0) is 36.4 Å². The third-order valence-electron chi connectivity index (χ3n) is 6.00. The summed E-state index contributed by atoms with van der Waals surface area (Å²) in [6, 6.07) is 31.6. The van der Waals surface area contributed by atoms with E-state index in [-0.39, 0.29) is 24.5 Å². The van der Waals surface area contributed by atoms with E-state index in [2.05, 4.69) is 72.8 Å². The zero-order valence-electron chi connectivity index (χ0n) is 17.6. The third kappa shape index (κ3) is 4.43.